The lowest BCUT2D eigenvalue weighted by atomic mass is 10.1. The van der Waals surface area contributed by atoms with Gasteiger partial charge in [0.2, 0.25) is 17.8 Å². The van der Waals surface area contributed by atoms with Gasteiger partial charge in [0.1, 0.15) is 23.7 Å². The molecule has 2 aromatic heterocycles. The zero-order valence-electron chi connectivity index (χ0n) is 10.9. The number of aliphatic hydroxyl groups excluding tert-OH is 3. The van der Waals surface area contributed by atoms with Crippen molar-refractivity contribution in [2.45, 2.75) is 24.5 Å². The zero-order valence-corrected chi connectivity index (χ0v) is 10.9. The second-order valence-electron chi connectivity index (χ2n) is 4.93. The minimum Gasteiger partial charge on any atom is -0.394 e. The van der Waals surface area contributed by atoms with E-state index in [1.54, 1.807) is 34.8 Å². The van der Waals surface area contributed by atoms with E-state index in [1.807, 2.05) is 0 Å². The maximum Gasteiger partial charge on any atom is 0.231 e. The van der Waals surface area contributed by atoms with Gasteiger partial charge in [-0.25, -0.2) is 4.57 Å². The highest BCUT2D eigenvalue weighted by atomic mass is 16.6. The fourth-order valence-electron chi connectivity index (χ4n) is 2.48. The first-order chi connectivity index (χ1) is 9.54. The molecule has 0 aliphatic carbocycles. The quantitative estimate of drug-likeness (QED) is 0.475. The molecule has 8 heteroatoms. The van der Waals surface area contributed by atoms with E-state index >= 15 is 0 Å². The molecule has 1 aliphatic rings. The van der Waals surface area contributed by atoms with Crippen LogP contribution in [-0.2, 0) is 11.8 Å². The van der Waals surface area contributed by atoms with Gasteiger partial charge in [0, 0.05) is 6.20 Å². The van der Waals surface area contributed by atoms with Crippen LogP contribution in [0.25, 0.3) is 11.0 Å². The van der Waals surface area contributed by atoms with Crippen LogP contribution in [0.5, 0.6) is 0 Å². The average Bonchev–Trinajstić information content (AvgIpc) is 2.98. The highest BCUT2D eigenvalue weighted by molar-refractivity contribution is 5.84. The lowest BCUT2D eigenvalue weighted by molar-refractivity contribution is -0.658. The maximum atomic E-state index is 10.0. The van der Waals surface area contributed by atoms with Crippen LogP contribution in [-0.4, -0.2) is 49.8 Å². The van der Waals surface area contributed by atoms with Gasteiger partial charge in [-0.15, -0.1) is 0 Å². The maximum absolute atomic E-state index is 10.0. The third-order valence-electron chi connectivity index (χ3n) is 3.69. The van der Waals surface area contributed by atoms with Gasteiger partial charge in [-0.1, -0.05) is 4.98 Å². The fourth-order valence-corrected chi connectivity index (χ4v) is 2.48. The Kier molecular flexibility index (Phi) is 3.09. The molecular formula is C12H17N4O4+. The van der Waals surface area contributed by atoms with Crippen molar-refractivity contribution in [3.05, 3.63) is 18.6 Å². The first-order valence-electron chi connectivity index (χ1n) is 6.27. The number of hydrogen-bond donors (Lipinski definition) is 4. The normalized spacial score (nSPS) is 30.2. The van der Waals surface area contributed by atoms with Crippen molar-refractivity contribution in [3.8, 4) is 0 Å². The summed E-state index contributed by atoms with van der Waals surface area (Å²) in [7, 11) is 1.78. The molecule has 4 atom stereocenters. The van der Waals surface area contributed by atoms with Gasteiger partial charge < -0.3 is 25.8 Å². The van der Waals surface area contributed by atoms with Crippen molar-refractivity contribution >= 4 is 16.9 Å². The molecule has 1 saturated heterocycles. The molecule has 0 bridgehead atoms. The summed E-state index contributed by atoms with van der Waals surface area (Å²) in [4.78, 5) is 4.27. The summed E-state index contributed by atoms with van der Waals surface area (Å²) in [5.74, 6) is 0.542. The number of aromatic nitrogens is 3. The molecule has 0 radical (unpaired) electrons. The van der Waals surface area contributed by atoms with Gasteiger partial charge in [0.15, 0.2) is 6.23 Å². The van der Waals surface area contributed by atoms with Crippen molar-refractivity contribution in [2.75, 3.05) is 12.3 Å². The molecule has 3 rings (SSSR count). The summed E-state index contributed by atoms with van der Waals surface area (Å²) >= 11 is 0. The Morgan fingerprint density at radius 2 is 2.20 bits per heavy atom. The van der Waals surface area contributed by atoms with Crippen LogP contribution in [0.1, 0.15) is 6.23 Å². The van der Waals surface area contributed by atoms with E-state index in [0.29, 0.717) is 11.5 Å². The number of nitrogens with two attached hydrogens (primary N) is 1. The smallest absolute Gasteiger partial charge is 0.231 e. The molecule has 0 aromatic carbocycles. The predicted octanol–water partition coefficient (Wildman–Crippen LogP) is -1.95. The topological polar surface area (TPSA) is 118 Å². The molecule has 3 heterocycles. The third-order valence-corrected chi connectivity index (χ3v) is 3.69. The summed E-state index contributed by atoms with van der Waals surface area (Å²) in [5.41, 5.74) is 6.51. The van der Waals surface area contributed by atoms with Crippen LogP contribution in [0, 0.1) is 0 Å². The zero-order chi connectivity index (χ0) is 14.4. The Morgan fingerprint density at radius 1 is 1.45 bits per heavy atom. The van der Waals surface area contributed by atoms with Crippen molar-refractivity contribution < 1.29 is 24.6 Å². The van der Waals surface area contributed by atoms with Crippen molar-refractivity contribution in [1.82, 2.24) is 9.55 Å². The monoisotopic (exact) mass is 281 g/mol. The van der Waals surface area contributed by atoms with Crippen molar-refractivity contribution in [2.24, 2.45) is 7.05 Å². The second-order valence-corrected chi connectivity index (χ2v) is 4.93. The Bertz CT molecular complexity index is 644. The molecule has 0 amide bonds. The van der Waals surface area contributed by atoms with Crippen LogP contribution < -0.4 is 10.3 Å². The van der Waals surface area contributed by atoms with Crippen LogP contribution in [0.15, 0.2) is 18.6 Å². The van der Waals surface area contributed by atoms with Gasteiger partial charge >= 0.3 is 0 Å². The highest BCUT2D eigenvalue weighted by Gasteiger charge is 2.44. The minimum absolute atomic E-state index is 0.363. The Hall–Kier alpha value is -1.74. The Labute approximate surface area is 114 Å². The standard InChI is InChI=1S/C12H16N4O4/c1-15-5-14-11-6(10(15)13)2-3-16(11)12-9(19)8(18)7(4-17)20-12/h2-3,5,7-9,12-13,17-19H,4H2,1H3/p+1/t7-,8+,9+,12+/m0/s1. The summed E-state index contributed by atoms with van der Waals surface area (Å²) in [5, 5.41) is 29.7. The first-order valence-corrected chi connectivity index (χ1v) is 6.27. The lowest BCUT2D eigenvalue weighted by Crippen LogP contribution is -2.33. The van der Waals surface area contributed by atoms with E-state index in [1.165, 1.54) is 0 Å². The molecule has 20 heavy (non-hydrogen) atoms. The number of rotatable bonds is 2. The Balaban J connectivity index is 2.05. The summed E-state index contributed by atoms with van der Waals surface area (Å²) in [6.07, 6.45) is -0.646. The molecule has 0 unspecified atom stereocenters. The van der Waals surface area contributed by atoms with E-state index in [2.05, 4.69) is 4.98 Å². The van der Waals surface area contributed by atoms with Gasteiger partial charge in [-0.3, -0.25) is 4.57 Å². The van der Waals surface area contributed by atoms with Gasteiger partial charge in [0.25, 0.3) is 0 Å². The molecule has 1 fully saturated rings. The molecule has 0 saturated carbocycles. The summed E-state index contributed by atoms with van der Waals surface area (Å²) in [6.45, 7) is -0.363. The fraction of sp³-hybridized carbons (Fsp3) is 0.500. The minimum atomic E-state index is -1.14. The third kappa shape index (κ3) is 1.77. The number of anilines is 1. The van der Waals surface area contributed by atoms with E-state index in [-0.39, 0.29) is 6.61 Å². The summed E-state index contributed by atoms with van der Waals surface area (Å²) in [6, 6.07) is 1.77. The van der Waals surface area contributed by atoms with Gasteiger partial charge in [-0.05, 0) is 6.07 Å². The average molecular weight is 281 g/mol. The lowest BCUT2D eigenvalue weighted by Gasteiger charge is -2.16. The number of fused-ring (bicyclic) bond motifs is 1. The van der Waals surface area contributed by atoms with Gasteiger partial charge in [0.05, 0.1) is 13.7 Å². The summed E-state index contributed by atoms with van der Waals surface area (Å²) < 4.78 is 8.77. The van der Waals surface area contributed by atoms with E-state index in [0.717, 1.165) is 5.39 Å². The van der Waals surface area contributed by atoms with Crippen LogP contribution >= 0.6 is 0 Å². The molecule has 108 valence electrons. The molecule has 1 aliphatic heterocycles. The van der Waals surface area contributed by atoms with E-state index in [9.17, 15) is 10.2 Å². The van der Waals surface area contributed by atoms with Crippen molar-refractivity contribution in [3.63, 3.8) is 0 Å². The second kappa shape index (κ2) is 4.67. The largest absolute Gasteiger partial charge is 0.394 e. The van der Waals surface area contributed by atoms with E-state index < -0.39 is 24.5 Å². The number of nitrogen functional groups attached to an aromatic ring is 1. The highest BCUT2D eigenvalue weighted by Crippen LogP contribution is 2.32. The van der Waals surface area contributed by atoms with Gasteiger partial charge in [-0.2, -0.15) is 0 Å². The molecule has 8 nitrogen and oxygen atoms in total. The number of hydrogen-bond acceptors (Lipinski definition) is 6. The molecule has 5 N–H and O–H groups in total. The first kappa shape index (κ1) is 13.3. The van der Waals surface area contributed by atoms with Crippen molar-refractivity contribution in [1.29, 1.82) is 0 Å². The predicted molar refractivity (Wildman–Crippen MR) is 68.3 cm³/mol. The van der Waals surface area contributed by atoms with E-state index in [4.69, 9.17) is 15.6 Å². The number of ether oxygens (including phenoxy) is 1. The molecule has 2 aromatic rings. The number of aliphatic hydroxyl groups is 3. The van der Waals surface area contributed by atoms with Crippen LogP contribution in [0.4, 0.5) is 5.82 Å². The molecular weight excluding hydrogens is 264 g/mol. The van der Waals surface area contributed by atoms with Crippen LogP contribution in [0.3, 0.4) is 0 Å². The van der Waals surface area contributed by atoms with Crippen LogP contribution in [0.2, 0.25) is 0 Å². The SMILES string of the molecule is C[n+]1cnc2c(ccn2[C@@H]2O[C@@H](CO)[C@@H](O)[C@H]2O)c1N. The molecule has 0 spiro atoms. The number of aryl methyl sites for hydroxylation is 1. The Morgan fingerprint density at radius 3 is 2.85 bits per heavy atom. The number of nitrogens with zero attached hydrogens (tertiary/aromatic N) is 3.